The number of thioether (sulfide) groups is 1. The molecule has 1 heterocycles. The van der Waals surface area contributed by atoms with Crippen LogP contribution in [0, 0.1) is 11.3 Å². The molecular formula is C18H14N4OS. The molecule has 0 saturated heterocycles. The van der Waals surface area contributed by atoms with Crippen LogP contribution in [0.15, 0.2) is 65.7 Å². The molecule has 0 saturated carbocycles. The minimum absolute atomic E-state index is 0.263. The van der Waals surface area contributed by atoms with Gasteiger partial charge in [0.1, 0.15) is 16.7 Å². The summed E-state index contributed by atoms with van der Waals surface area (Å²) >= 11 is 1.41. The van der Waals surface area contributed by atoms with Crippen molar-refractivity contribution in [2.45, 2.75) is 5.03 Å². The summed E-state index contributed by atoms with van der Waals surface area (Å²) in [5, 5.41) is 17.4. The van der Waals surface area contributed by atoms with E-state index in [1.54, 1.807) is 28.9 Å². The van der Waals surface area contributed by atoms with E-state index in [0.29, 0.717) is 16.2 Å². The molecule has 2 aromatic carbocycles. The fourth-order valence-corrected chi connectivity index (χ4v) is 2.96. The summed E-state index contributed by atoms with van der Waals surface area (Å²) in [6, 6.07) is 20.5. The number of rotatable bonds is 4. The zero-order chi connectivity index (χ0) is 16.9. The highest BCUT2D eigenvalue weighted by Gasteiger charge is 2.20. The minimum Gasteiger partial charge on any atom is -0.304 e. The lowest BCUT2D eigenvalue weighted by molar-refractivity contribution is 0.102. The molecule has 24 heavy (non-hydrogen) atoms. The quantitative estimate of drug-likeness (QED) is 0.738. The molecule has 0 radical (unpaired) electrons. The van der Waals surface area contributed by atoms with Crippen molar-refractivity contribution >= 4 is 23.5 Å². The number of nitrogens with one attached hydrogen (secondary N) is 1. The lowest BCUT2D eigenvalue weighted by Crippen LogP contribution is -2.13. The first kappa shape index (κ1) is 15.8. The molecule has 1 amide bonds. The molecule has 0 spiro atoms. The third-order valence-corrected chi connectivity index (χ3v) is 4.18. The highest BCUT2D eigenvalue weighted by atomic mass is 32.2. The average Bonchev–Trinajstić information content (AvgIpc) is 3.00. The number of para-hydroxylation sites is 1. The number of amides is 1. The number of carbonyl (C=O) groups is 1. The number of anilines is 1. The van der Waals surface area contributed by atoms with Crippen LogP contribution in [0.25, 0.3) is 5.69 Å². The SMILES string of the molecule is CSc1c(C#N)c(NC(=O)c2ccccc2)nn1-c1ccccc1. The fraction of sp³-hybridized carbons (Fsp3) is 0.0556. The van der Waals surface area contributed by atoms with E-state index >= 15 is 0 Å². The summed E-state index contributed by atoms with van der Waals surface area (Å²) in [6.45, 7) is 0. The van der Waals surface area contributed by atoms with E-state index in [2.05, 4.69) is 16.5 Å². The maximum atomic E-state index is 12.4. The predicted octanol–water partition coefficient (Wildman–Crippen LogP) is 3.72. The van der Waals surface area contributed by atoms with Gasteiger partial charge in [-0.05, 0) is 30.5 Å². The molecule has 1 aromatic heterocycles. The van der Waals surface area contributed by atoms with Crippen LogP contribution < -0.4 is 5.32 Å². The normalized spacial score (nSPS) is 10.2. The monoisotopic (exact) mass is 334 g/mol. The number of carbonyl (C=O) groups excluding carboxylic acids is 1. The number of aromatic nitrogens is 2. The Morgan fingerprint density at radius 2 is 1.75 bits per heavy atom. The zero-order valence-electron chi connectivity index (χ0n) is 12.9. The Hall–Kier alpha value is -3.04. The van der Waals surface area contributed by atoms with Gasteiger partial charge in [0, 0.05) is 5.56 Å². The average molecular weight is 334 g/mol. The third kappa shape index (κ3) is 3.03. The molecule has 0 unspecified atom stereocenters. The minimum atomic E-state index is -0.294. The Balaban J connectivity index is 2.01. The van der Waals surface area contributed by atoms with Crippen LogP contribution >= 0.6 is 11.8 Å². The fourth-order valence-electron chi connectivity index (χ4n) is 2.29. The van der Waals surface area contributed by atoms with E-state index < -0.39 is 0 Å². The molecule has 1 N–H and O–H groups in total. The lowest BCUT2D eigenvalue weighted by atomic mass is 10.2. The second-order valence-electron chi connectivity index (χ2n) is 4.91. The van der Waals surface area contributed by atoms with Crippen molar-refractivity contribution in [3.63, 3.8) is 0 Å². The van der Waals surface area contributed by atoms with Crippen molar-refractivity contribution in [1.82, 2.24) is 9.78 Å². The van der Waals surface area contributed by atoms with Gasteiger partial charge in [0.05, 0.1) is 5.69 Å². The van der Waals surface area contributed by atoms with Crippen molar-refractivity contribution in [3.8, 4) is 11.8 Å². The second kappa shape index (κ2) is 7.02. The predicted molar refractivity (Wildman–Crippen MR) is 94.5 cm³/mol. The van der Waals surface area contributed by atoms with Crippen molar-refractivity contribution in [3.05, 3.63) is 71.8 Å². The number of nitriles is 1. The topological polar surface area (TPSA) is 70.7 Å². The summed E-state index contributed by atoms with van der Waals surface area (Å²) in [7, 11) is 0. The van der Waals surface area contributed by atoms with Crippen LogP contribution in [0.4, 0.5) is 5.82 Å². The molecule has 0 bridgehead atoms. The zero-order valence-corrected chi connectivity index (χ0v) is 13.7. The first-order valence-corrected chi connectivity index (χ1v) is 8.46. The van der Waals surface area contributed by atoms with Gasteiger partial charge in [-0.25, -0.2) is 4.68 Å². The first-order valence-electron chi connectivity index (χ1n) is 7.23. The molecule has 0 aliphatic heterocycles. The maximum absolute atomic E-state index is 12.4. The molecule has 6 heteroatoms. The van der Waals surface area contributed by atoms with E-state index in [-0.39, 0.29) is 11.7 Å². The summed E-state index contributed by atoms with van der Waals surface area (Å²) in [5.74, 6) is -0.0305. The van der Waals surface area contributed by atoms with Crippen molar-refractivity contribution in [2.75, 3.05) is 11.6 Å². The number of benzene rings is 2. The van der Waals surface area contributed by atoms with Gasteiger partial charge in [0.25, 0.3) is 5.91 Å². The molecule has 0 aliphatic rings. The molecule has 0 fully saturated rings. The molecule has 0 atom stereocenters. The molecule has 3 aromatic rings. The molecule has 118 valence electrons. The molecular weight excluding hydrogens is 320 g/mol. The van der Waals surface area contributed by atoms with Crippen LogP contribution in [0.1, 0.15) is 15.9 Å². The van der Waals surface area contributed by atoms with Gasteiger partial charge in [-0.3, -0.25) is 4.79 Å². The summed E-state index contributed by atoms with van der Waals surface area (Å²) in [4.78, 5) is 12.4. The van der Waals surface area contributed by atoms with Gasteiger partial charge in [-0.1, -0.05) is 36.4 Å². The number of nitrogens with zero attached hydrogens (tertiary/aromatic N) is 3. The Labute approximate surface area is 143 Å². The Morgan fingerprint density at radius 3 is 2.33 bits per heavy atom. The van der Waals surface area contributed by atoms with E-state index in [9.17, 15) is 10.1 Å². The highest BCUT2D eigenvalue weighted by Crippen LogP contribution is 2.29. The lowest BCUT2D eigenvalue weighted by Gasteiger charge is -2.04. The molecule has 3 rings (SSSR count). The van der Waals surface area contributed by atoms with Crippen LogP contribution in [-0.2, 0) is 0 Å². The standard InChI is InChI=1S/C18H14N4OS/c1-24-18-15(12-19)16(20-17(23)13-8-4-2-5-9-13)21-22(18)14-10-6-3-7-11-14/h2-11H,1H3,(H,20,21,23). The Morgan fingerprint density at radius 1 is 1.12 bits per heavy atom. The van der Waals surface area contributed by atoms with Crippen LogP contribution in [-0.4, -0.2) is 21.9 Å². The van der Waals surface area contributed by atoms with E-state index in [4.69, 9.17) is 0 Å². The molecule has 0 aliphatic carbocycles. The van der Waals surface area contributed by atoms with E-state index in [0.717, 1.165) is 5.69 Å². The van der Waals surface area contributed by atoms with Gasteiger partial charge in [0.15, 0.2) is 5.82 Å². The van der Waals surface area contributed by atoms with Gasteiger partial charge in [-0.15, -0.1) is 16.9 Å². The van der Waals surface area contributed by atoms with E-state index in [1.165, 1.54) is 11.8 Å². The smallest absolute Gasteiger partial charge is 0.256 e. The number of hydrogen-bond donors (Lipinski definition) is 1. The van der Waals surface area contributed by atoms with Crippen LogP contribution in [0.3, 0.4) is 0 Å². The van der Waals surface area contributed by atoms with Gasteiger partial charge in [-0.2, -0.15) is 5.26 Å². The van der Waals surface area contributed by atoms with Gasteiger partial charge < -0.3 is 5.32 Å². The van der Waals surface area contributed by atoms with Crippen LogP contribution in [0.2, 0.25) is 0 Å². The van der Waals surface area contributed by atoms with Gasteiger partial charge >= 0.3 is 0 Å². The first-order chi connectivity index (χ1) is 11.7. The van der Waals surface area contributed by atoms with Crippen molar-refractivity contribution < 1.29 is 4.79 Å². The van der Waals surface area contributed by atoms with Gasteiger partial charge in [0.2, 0.25) is 0 Å². The highest BCUT2D eigenvalue weighted by molar-refractivity contribution is 7.98. The summed E-state index contributed by atoms with van der Waals surface area (Å²) < 4.78 is 1.67. The second-order valence-corrected chi connectivity index (χ2v) is 5.71. The van der Waals surface area contributed by atoms with Crippen LogP contribution in [0.5, 0.6) is 0 Å². The maximum Gasteiger partial charge on any atom is 0.256 e. The third-order valence-electron chi connectivity index (χ3n) is 3.42. The summed E-state index contributed by atoms with van der Waals surface area (Å²) in [5.41, 5.74) is 1.70. The number of hydrogen-bond acceptors (Lipinski definition) is 4. The Kier molecular flexibility index (Phi) is 4.64. The van der Waals surface area contributed by atoms with Crippen molar-refractivity contribution in [1.29, 1.82) is 5.26 Å². The Bertz CT molecular complexity index is 898. The molecule has 5 nitrogen and oxygen atoms in total. The summed E-state index contributed by atoms with van der Waals surface area (Å²) in [6.07, 6.45) is 1.88. The largest absolute Gasteiger partial charge is 0.304 e. The van der Waals surface area contributed by atoms with Crippen molar-refractivity contribution in [2.24, 2.45) is 0 Å². The van der Waals surface area contributed by atoms with E-state index in [1.807, 2.05) is 42.7 Å².